The summed E-state index contributed by atoms with van der Waals surface area (Å²) in [6.45, 7) is 2.50. The summed E-state index contributed by atoms with van der Waals surface area (Å²) in [6, 6.07) is 11.2. The zero-order valence-electron chi connectivity index (χ0n) is 11.2. The number of hydrogen-bond acceptors (Lipinski definition) is 3. The number of anilines is 1. The van der Waals surface area contributed by atoms with Gasteiger partial charge in [0.1, 0.15) is 17.8 Å². The molecule has 4 nitrogen and oxygen atoms in total. The van der Waals surface area contributed by atoms with Crippen LogP contribution in [0.3, 0.4) is 0 Å². The number of halogens is 1. The summed E-state index contributed by atoms with van der Waals surface area (Å²) in [5, 5.41) is 21.9. The highest BCUT2D eigenvalue weighted by Gasteiger charge is 2.09. The second-order valence-corrected chi connectivity index (χ2v) is 4.90. The van der Waals surface area contributed by atoms with E-state index in [4.69, 9.17) is 22.1 Å². The van der Waals surface area contributed by atoms with Crippen molar-refractivity contribution < 1.29 is 0 Å². The topological polar surface area (TPSA) is 64.5 Å². The fourth-order valence-corrected chi connectivity index (χ4v) is 2.17. The Morgan fingerprint density at radius 3 is 2.60 bits per heavy atom. The average molecular weight is 285 g/mol. The lowest BCUT2D eigenvalue weighted by Gasteiger charge is -2.09. The minimum absolute atomic E-state index is 0.538. The van der Waals surface area contributed by atoms with E-state index in [9.17, 15) is 0 Å². The minimum Gasteiger partial charge on any atom is -0.380 e. The first-order valence-electron chi connectivity index (χ1n) is 6.05. The molecular weight excluding hydrogens is 272 g/mol. The largest absolute Gasteiger partial charge is 0.380 e. The second kappa shape index (κ2) is 5.69. The van der Waals surface area contributed by atoms with E-state index >= 15 is 0 Å². The van der Waals surface area contributed by atoms with Crippen molar-refractivity contribution in [1.29, 1.82) is 10.5 Å². The number of benzene rings is 1. The van der Waals surface area contributed by atoms with Crippen LogP contribution in [0.1, 0.15) is 22.5 Å². The molecule has 1 heterocycles. The standard InChI is InChI=1S/C15H13ClN4/c1-10-12(5-14(8-18)20(10)2)9-19-15-6-13(16)4-3-11(15)7-17/h3-6,19H,9H2,1-2H3. The molecule has 0 aliphatic rings. The third-order valence-electron chi connectivity index (χ3n) is 3.33. The number of nitrogens with zero attached hydrogens (tertiary/aromatic N) is 3. The van der Waals surface area contributed by atoms with Crippen molar-refractivity contribution in [1.82, 2.24) is 4.57 Å². The van der Waals surface area contributed by atoms with E-state index in [0.29, 0.717) is 28.5 Å². The molecule has 1 aromatic carbocycles. The molecule has 0 spiro atoms. The van der Waals surface area contributed by atoms with Crippen LogP contribution in [0.2, 0.25) is 5.02 Å². The maximum Gasteiger partial charge on any atom is 0.120 e. The van der Waals surface area contributed by atoms with Crippen molar-refractivity contribution in [3.63, 3.8) is 0 Å². The predicted molar refractivity (Wildman–Crippen MR) is 78.4 cm³/mol. The first kappa shape index (κ1) is 14.0. The highest BCUT2D eigenvalue weighted by molar-refractivity contribution is 6.30. The van der Waals surface area contributed by atoms with Gasteiger partial charge >= 0.3 is 0 Å². The summed E-state index contributed by atoms with van der Waals surface area (Å²) in [6.07, 6.45) is 0. The van der Waals surface area contributed by atoms with Crippen molar-refractivity contribution in [2.24, 2.45) is 7.05 Å². The first-order chi connectivity index (χ1) is 9.56. The Morgan fingerprint density at radius 1 is 1.25 bits per heavy atom. The number of rotatable bonds is 3. The summed E-state index contributed by atoms with van der Waals surface area (Å²) in [4.78, 5) is 0. The van der Waals surface area contributed by atoms with E-state index in [1.54, 1.807) is 18.2 Å². The van der Waals surface area contributed by atoms with Crippen molar-refractivity contribution in [3.8, 4) is 12.1 Å². The van der Waals surface area contributed by atoms with E-state index in [2.05, 4.69) is 17.5 Å². The third kappa shape index (κ3) is 2.61. The lowest BCUT2D eigenvalue weighted by Crippen LogP contribution is -2.03. The van der Waals surface area contributed by atoms with Gasteiger partial charge in [0.05, 0.1) is 11.3 Å². The molecule has 1 aromatic heterocycles. The van der Waals surface area contributed by atoms with Gasteiger partial charge in [-0.05, 0) is 36.8 Å². The van der Waals surface area contributed by atoms with Crippen LogP contribution in [0.25, 0.3) is 0 Å². The normalized spacial score (nSPS) is 9.85. The van der Waals surface area contributed by atoms with Gasteiger partial charge in [-0.25, -0.2) is 0 Å². The molecule has 0 amide bonds. The molecule has 0 saturated carbocycles. The molecule has 20 heavy (non-hydrogen) atoms. The Hall–Kier alpha value is -2.43. The van der Waals surface area contributed by atoms with Crippen molar-refractivity contribution in [2.45, 2.75) is 13.5 Å². The number of aromatic nitrogens is 1. The van der Waals surface area contributed by atoms with Crippen LogP contribution < -0.4 is 5.32 Å². The van der Waals surface area contributed by atoms with Crippen molar-refractivity contribution in [2.75, 3.05) is 5.32 Å². The van der Waals surface area contributed by atoms with Crippen molar-refractivity contribution in [3.05, 3.63) is 51.8 Å². The van der Waals surface area contributed by atoms with Gasteiger partial charge in [0, 0.05) is 24.3 Å². The summed E-state index contributed by atoms with van der Waals surface area (Å²) in [5.41, 5.74) is 3.90. The van der Waals surface area contributed by atoms with Crippen LogP contribution in [0.15, 0.2) is 24.3 Å². The Kier molecular flexibility index (Phi) is 3.98. The number of nitriles is 2. The summed E-state index contributed by atoms with van der Waals surface area (Å²) < 4.78 is 1.85. The number of nitrogens with one attached hydrogen (secondary N) is 1. The van der Waals surface area contributed by atoms with E-state index in [1.807, 2.05) is 24.6 Å². The maximum atomic E-state index is 9.07. The Bertz CT molecular complexity index is 732. The molecule has 0 unspecified atom stereocenters. The van der Waals surface area contributed by atoms with Gasteiger partial charge < -0.3 is 9.88 Å². The predicted octanol–water partition coefficient (Wildman–Crippen LogP) is 3.34. The molecular formula is C15H13ClN4. The molecule has 100 valence electrons. The molecule has 0 aliphatic heterocycles. The van der Waals surface area contributed by atoms with Gasteiger partial charge in [-0.3, -0.25) is 0 Å². The molecule has 0 radical (unpaired) electrons. The average Bonchev–Trinajstić information content (AvgIpc) is 2.72. The highest BCUT2D eigenvalue weighted by Crippen LogP contribution is 2.22. The minimum atomic E-state index is 0.538. The third-order valence-corrected chi connectivity index (χ3v) is 3.56. The molecule has 1 N–H and O–H groups in total. The molecule has 0 saturated heterocycles. The highest BCUT2D eigenvalue weighted by atomic mass is 35.5. The van der Waals surface area contributed by atoms with Gasteiger partial charge in [-0.2, -0.15) is 10.5 Å². The fraction of sp³-hybridized carbons (Fsp3) is 0.200. The van der Waals surface area contributed by atoms with Crippen LogP contribution in [0.4, 0.5) is 5.69 Å². The van der Waals surface area contributed by atoms with E-state index < -0.39 is 0 Å². The molecule has 2 rings (SSSR count). The maximum absolute atomic E-state index is 9.07. The molecule has 0 bridgehead atoms. The lowest BCUT2D eigenvalue weighted by atomic mass is 10.2. The summed E-state index contributed by atoms with van der Waals surface area (Å²) >= 11 is 5.94. The molecule has 2 aromatic rings. The van der Waals surface area contributed by atoms with E-state index in [0.717, 1.165) is 11.3 Å². The van der Waals surface area contributed by atoms with Gasteiger partial charge in [0.2, 0.25) is 0 Å². The number of hydrogen-bond donors (Lipinski definition) is 1. The van der Waals surface area contributed by atoms with E-state index in [1.165, 1.54) is 0 Å². The second-order valence-electron chi connectivity index (χ2n) is 4.47. The van der Waals surface area contributed by atoms with Gasteiger partial charge in [0.25, 0.3) is 0 Å². The van der Waals surface area contributed by atoms with Crippen LogP contribution in [-0.4, -0.2) is 4.57 Å². The zero-order chi connectivity index (χ0) is 14.7. The Labute approximate surface area is 122 Å². The Morgan fingerprint density at radius 2 is 2.00 bits per heavy atom. The van der Waals surface area contributed by atoms with Crippen LogP contribution in [-0.2, 0) is 13.6 Å². The van der Waals surface area contributed by atoms with Gasteiger partial charge in [-0.15, -0.1) is 0 Å². The first-order valence-corrected chi connectivity index (χ1v) is 6.43. The Balaban J connectivity index is 2.24. The summed E-state index contributed by atoms with van der Waals surface area (Å²) in [5.74, 6) is 0. The quantitative estimate of drug-likeness (QED) is 0.940. The van der Waals surface area contributed by atoms with Gasteiger partial charge in [0.15, 0.2) is 0 Å². The summed E-state index contributed by atoms with van der Waals surface area (Å²) in [7, 11) is 1.86. The SMILES string of the molecule is Cc1c(CNc2cc(Cl)ccc2C#N)cc(C#N)n1C. The monoisotopic (exact) mass is 284 g/mol. The molecule has 5 heteroatoms. The van der Waals surface area contributed by atoms with Crippen molar-refractivity contribution >= 4 is 17.3 Å². The fourth-order valence-electron chi connectivity index (χ4n) is 2.00. The smallest absolute Gasteiger partial charge is 0.120 e. The van der Waals surface area contributed by atoms with E-state index in [-0.39, 0.29) is 0 Å². The van der Waals surface area contributed by atoms with Gasteiger partial charge in [-0.1, -0.05) is 11.6 Å². The van der Waals surface area contributed by atoms with Crippen LogP contribution in [0, 0.1) is 29.6 Å². The lowest BCUT2D eigenvalue weighted by molar-refractivity contribution is 0.856. The van der Waals surface area contributed by atoms with Crippen LogP contribution in [0.5, 0.6) is 0 Å². The zero-order valence-corrected chi connectivity index (χ0v) is 12.0. The van der Waals surface area contributed by atoms with Crippen LogP contribution >= 0.6 is 11.6 Å². The molecule has 0 fully saturated rings. The molecule has 0 atom stereocenters. The molecule has 0 aliphatic carbocycles.